The highest BCUT2D eigenvalue weighted by Crippen LogP contribution is 2.23. The number of carbonyl (C=O) groups excluding carboxylic acids is 2. The maximum atomic E-state index is 12.7. The molecule has 134 valence electrons. The Bertz CT molecular complexity index is 839. The van der Waals surface area contributed by atoms with E-state index in [-0.39, 0.29) is 17.4 Å². The topological polar surface area (TPSA) is 52.7 Å². The molecular formula is C21H23N3O2. The average Bonchev–Trinajstić information content (AvgIpc) is 2.96. The molecule has 0 aromatic heterocycles. The second kappa shape index (κ2) is 7.44. The molecule has 3 rings (SSSR count). The van der Waals surface area contributed by atoms with Crippen molar-refractivity contribution in [3.8, 4) is 0 Å². The van der Waals surface area contributed by atoms with E-state index in [2.05, 4.69) is 24.2 Å². The Kier molecular flexibility index (Phi) is 5.07. The van der Waals surface area contributed by atoms with Gasteiger partial charge in [-0.25, -0.2) is 5.01 Å². The van der Waals surface area contributed by atoms with E-state index in [9.17, 15) is 9.59 Å². The number of hydrogen-bond donors (Lipinski definition) is 1. The van der Waals surface area contributed by atoms with E-state index in [1.807, 2.05) is 55.6 Å². The van der Waals surface area contributed by atoms with Crippen molar-refractivity contribution in [1.29, 1.82) is 0 Å². The van der Waals surface area contributed by atoms with Crippen LogP contribution >= 0.6 is 0 Å². The maximum absolute atomic E-state index is 12.7. The Morgan fingerprint density at radius 2 is 1.65 bits per heavy atom. The number of rotatable bonds is 5. The van der Waals surface area contributed by atoms with Crippen molar-refractivity contribution in [1.82, 2.24) is 5.43 Å². The summed E-state index contributed by atoms with van der Waals surface area (Å²) in [6, 6.07) is 15.4. The zero-order valence-corrected chi connectivity index (χ0v) is 15.3. The summed E-state index contributed by atoms with van der Waals surface area (Å²) in [6.07, 6.45) is 2.56. The minimum absolute atomic E-state index is 0.140. The number of benzene rings is 2. The zero-order valence-electron chi connectivity index (χ0n) is 15.3. The van der Waals surface area contributed by atoms with Gasteiger partial charge in [0.2, 0.25) is 0 Å². The molecule has 1 N–H and O–H groups in total. The Balaban J connectivity index is 1.82. The van der Waals surface area contributed by atoms with Crippen LogP contribution in [0.15, 0.2) is 54.1 Å². The van der Waals surface area contributed by atoms with Crippen LogP contribution in [0.3, 0.4) is 0 Å². The van der Waals surface area contributed by atoms with Crippen LogP contribution in [0, 0.1) is 0 Å². The van der Waals surface area contributed by atoms with E-state index in [4.69, 9.17) is 0 Å². The van der Waals surface area contributed by atoms with E-state index in [0.717, 1.165) is 24.2 Å². The molecule has 0 saturated carbocycles. The number of hydrazine groups is 1. The summed E-state index contributed by atoms with van der Waals surface area (Å²) < 4.78 is 0. The van der Waals surface area contributed by atoms with Gasteiger partial charge in [0.1, 0.15) is 5.57 Å². The Morgan fingerprint density at radius 1 is 1.00 bits per heavy atom. The van der Waals surface area contributed by atoms with Gasteiger partial charge >= 0.3 is 0 Å². The first-order valence-corrected chi connectivity index (χ1v) is 8.80. The molecule has 1 saturated heterocycles. The Hall–Kier alpha value is -3.08. The van der Waals surface area contributed by atoms with Crippen LogP contribution < -0.4 is 15.3 Å². The van der Waals surface area contributed by atoms with Gasteiger partial charge in [-0.15, -0.1) is 0 Å². The number of nitrogens with zero attached hydrogens (tertiary/aromatic N) is 2. The SMILES string of the molecule is CCc1ccc(N2NC(=O)/C(=C/c3ccc(N(C)CC)cc3)C2=O)cc1. The summed E-state index contributed by atoms with van der Waals surface area (Å²) in [5, 5.41) is 1.30. The lowest BCUT2D eigenvalue weighted by Crippen LogP contribution is -2.35. The van der Waals surface area contributed by atoms with Crippen molar-refractivity contribution < 1.29 is 9.59 Å². The van der Waals surface area contributed by atoms with Crippen molar-refractivity contribution in [2.45, 2.75) is 20.3 Å². The van der Waals surface area contributed by atoms with Crippen molar-refractivity contribution >= 4 is 29.3 Å². The van der Waals surface area contributed by atoms with Crippen LogP contribution in [-0.4, -0.2) is 25.4 Å². The summed E-state index contributed by atoms with van der Waals surface area (Å²) in [4.78, 5) is 27.0. The molecule has 0 unspecified atom stereocenters. The molecule has 2 aromatic carbocycles. The van der Waals surface area contributed by atoms with Gasteiger partial charge in [0.15, 0.2) is 0 Å². The molecule has 0 spiro atoms. The van der Waals surface area contributed by atoms with Crippen LogP contribution in [0.2, 0.25) is 0 Å². The van der Waals surface area contributed by atoms with E-state index in [1.54, 1.807) is 6.08 Å². The Morgan fingerprint density at radius 3 is 2.23 bits per heavy atom. The van der Waals surface area contributed by atoms with Gasteiger partial charge in [-0.3, -0.25) is 15.0 Å². The summed E-state index contributed by atoms with van der Waals surface area (Å²) >= 11 is 0. The van der Waals surface area contributed by atoms with Gasteiger partial charge in [0.25, 0.3) is 11.8 Å². The fourth-order valence-electron chi connectivity index (χ4n) is 2.79. The highest BCUT2D eigenvalue weighted by molar-refractivity contribution is 6.31. The summed E-state index contributed by atoms with van der Waals surface area (Å²) in [5.41, 5.74) is 6.52. The van der Waals surface area contributed by atoms with Crippen LogP contribution in [0.25, 0.3) is 6.08 Å². The molecule has 0 aliphatic carbocycles. The van der Waals surface area contributed by atoms with Crippen molar-refractivity contribution in [3.63, 3.8) is 0 Å². The lowest BCUT2D eigenvalue weighted by atomic mass is 10.1. The van der Waals surface area contributed by atoms with Gasteiger partial charge in [0.05, 0.1) is 5.69 Å². The third-order valence-corrected chi connectivity index (χ3v) is 4.61. The van der Waals surface area contributed by atoms with Crippen LogP contribution in [0.5, 0.6) is 0 Å². The monoisotopic (exact) mass is 349 g/mol. The van der Waals surface area contributed by atoms with Crippen LogP contribution in [0.1, 0.15) is 25.0 Å². The predicted molar refractivity (Wildman–Crippen MR) is 105 cm³/mol. The van der Waals surface area contributed by atoms with Crippen LogP contribution in [0.4, 0.5) is 11.4 Å². The molecule has 26 heavy (non-hydrogen) atoms. The minimum atomic E-state index is -0.385. The second-order valence-electron chi connectivity index (χ2n) is 6.27. The maximum Gasteiger partial charge on any atom is 0.282 e. The van der Waals surface area contributed by atoms with Gasteiger partial charge in [-0.05, 0) is 54.8 Å². The quantitative estimate of drug-likeness (QED) is 0.666. The first-order valence-electron chi connectivity index (χ1n) is 8.80. The smallest absolute Gasteiger partial charge is 0.282 e. The molecule has 1 heterocycles. The average molecular weight is 349 g/mol. The van der Waals surface area contributed by atoms with E-state index in [0.29, 0.717) is 5.69 Å². The number of anilines is 2. The molecule has 1 aliphatic heterocycles. The highest BCUT2D eigenvalue weighted by Gasteiger charge is 2.34. The summed E-state index contributed by atoms with van der Waals surface area (Å²) in [6.45, 7) is 5.06. The van der Waals surface area contributed by atoms with Gasteiger partial charge < -0.3 is 4.90 Å². The van der Waals surface area contributed by atoms with Crippen molar-refractivity contribution in [2.24, 2.45) is 0 Å². The second-order valence-corrected chi connectivity index (χ2v) is 6.27. The third kappa shape index (κ3) is 3.47. The number of carbonyl (C=O) groups is 2. The van der Waals surface area contributed by atoms with Gasteiger partial charge in [-0.2, -0.15) is 0 Å². The fraction of sp³-hybridized carbons (Fsp3) is 0.238. The van der Waals surface area contributed by atoms with Crippen molar-refractivity contribution in [3.05, 3.63) is 65.2 Å². The summed E-state index contributed by atoms with van der Waals surface area (Å²) in [7, 11) is 2.02. The Labute approximate surface area is 153 Å². The molecule has 2 aromatic rings. The first kappa shape index (κ1) is 17.7. The van der Waals surface area contributed by atoms with Crippen molar-refractivity contribution in [2.75, 3.05) is 23.5 Å². The number of aryl methyl sites for hydroxylation is 1. The standard InChI is InChI=1S/C21H23N3O2/c1-4-15-6-12-18(13-7-15)24-21(26)19(20(25)22-24)14-16-8-10-17(11-9-16)23(3)5-2/h6-14H,4-5H2,1-3H3,(H,22,25)/b19-14-. The van der Waals surface area contributed by atoms with E-state index in [1.165, 1.54) is 10.6 Å². The summed E-state index contributed by atoms with van der Waals surface area (Å²) in [5.74, 6) is -0.724. The molecule has 0 bridgehead atoms. The number of amides is 2. The highest BCUT2D eigenvalue weighted by atomic mass is 16.2. The number of nitrogens with one attached hydrogen (secondary N) is 1. The molecule has 5 heteroatoms. The lowest BCUT2D eigenvalue weighted by Gasteiger charge is -2.16. The molecular weight excluding hydrogens is 326 g/mol. The molecule has 0 atom stereocenters. The predicted octanol–water partition coefficient (Wildman–Crippen LogP) is 3.17. The first-order chi connectivity index (χ1) is 12.5. The van der Waals surface area contributed by atoms with Gasteiger partial charge in [-0.1, -0.05) is 31.2 Å². The zero-order chi connectivity index (χ0) is 18.7. The molecule has 0 radical (unpaired) electrons. The molecule has 1 aliphatic rings. The minimum Gasteiger partial charge on any atom is -0.375 e. The van der Waals surface area contributed by atoms with Gasteiger partial charge in [0, 0.05) is 19.3 Å². The van der Waals surface area contributed by atoms with Crippen LogP contribution in [-0.2, 0) is 16.0 Å². The molecule has 2 amide bonds. The lowest BCUT2D eigenvalue weighted by molar-refractivity contribution is -0.117. The van der Waals surface area contributed by atoms with E-state index < -0.39 is 0 Å². The normalized spacial score (nSPS) is 15.5. The number of hydrogen-bond acceptors (Lipinski definition) is 3. The largest absolute Gasteiger partial charge is 0.375 e. The molecule has 1 fully saturated rings. The van der Waals surface area contributed by atoms with E-state index >= 15 is 0 Å². The molecule has 5 nitrogen and oxygen atoms in total. The fourth-order valence-corrected chi connectivity index (χ4v) is 2.79. The third-order valence-electron chi connectivity index (χ3n) is 4.61.